The van der Waals surface area contributed by atoms with E-state index in [1.165, 1.54) is 6.92 Å². The number of amides is 2. The Hall–Kier alpha value is -3.42. The normalized spacial score (nSPS) is 16.6. The van der Waals surface area contributed by atoms with Crippen molar-refractivity contribution in [2.75, 3.05) is 18.7 Å². The highest BCUT2D eigenvalue weighted by molar-refractivity contribution is 6.12. The van der Waals surface area contributed by atoms with Gasteiger partial charge >= 0.3 is 0 Å². The number of hydrogen-bond donors (Lipinski definition) is 2. The second-order valence-electron chi connectivity index (χ2n) is 11.0. The topological polar surface area (TPSA) is 81.6 Å². The minimum absolute atomic E-state index is 0.00600. The van der Waals surface area contributed by atoms with Crippen molar-refractivity contribution >= 4 is 36.3 Å². The van der Waals surface area contributed by atoms with Crippen LogP contribution in [0.4, 0.5) is 5.69 Å². The molecule has 3 aromatic rings. The van der Waals surface area contributed by atoms with E-state index in [9.17, 15) is 9.59 Å². The van der Waals surface area contributed by atoms with Crippen LogP contribution >= 0.6 is 0 Å². The van der Waals surface area contributed by atoms with Crippen LogP contribution in [0.5, 0.6) is 11.5 Å². The van der Waals surface area contributed by atoms with Crippen LogP contribution in [0, 0.1) is 0 Å². The van der Waals surface area contributed by atoms with Gasteiger partial charge in [-0.15, -0.1) is 0 Å². The molecule has 2 radical (unpaired) electrons. The molecular formula is C28H32BN3O4. The summed E-state index contributed by atoms with van der Waals surface area (Å²) in [6.07, 6.45) is 1.61. The van der Waals surface area contributed by atoms with Crippen molar-refractivity contribution in [3.8, 4) is 11.5 Å². The number of benzene rings is 2. The third kappa shape index (κ3) is 4.56. The molecule has 0 saturated heterocycles. The molecule has 2 aliphatic rings. The number of nitrogens with one attached hydrogen (secondary N) is 2. The second-order valence-corrected chi connectivity index (χ2v) is 11.0. The van der Waals surface area contributed by atoms with Gasteiger partial charge in [0, 0.05) is 47.7 Å². The fraction of sp³-hybridized carbons (Fsp3) is 0.429. The predicted octanol–water partition coefficient (Wildman–Crippen LogP) is 4.43. The van der Waals surface area contributed by atoms with Gasteiger partial charge in [0.1, 0.15) is 0 Å². The van der Waals surface area contributed by atoms with Crippen molar-refractivity contribution in [1.29, 1.82) is 0 Å². The van der Waals surface area contributed by atoms with Crippen molar-refractivity contribution in [3.63, 3.8) is 0 Å². The molecule has 0 bridgehead atoms. The Bertz CT molecular complexity index is 1340. The van der Waals surface area contributed by atoms with Crippen LogP contribution in [0.2, 0.25) is 5.82 Å². The van der Waals surface area contributed by atoms with Crippen LogP contribution in [-0.2, 0) is 27.0 Å². The molecule has 36 heavy (non-hydrogen) atoms. The third-order valence-corrected chi connectivity index (χ3v) is 7.07. The van der Waals surface area contributed by atoms with Gasteiger partial charge in [0.05, 0.1) is 13.3 Å². The highest BCUT2D eigenvalue weighted by atomic mass is 16.7. The summed E-state index contributed by atoms with van der Waals surface area (Å²) in [5.41, 5.74) is 3.29. The summed E-state index contributed by atoms with van der Waals surface area (Å²) in [7, 11) is 6.35. The van der Waals surface area contributed by atoms with Crippen LogP contribution in [0.3, 0.4) is 0 Å². The first-order valence-corrected chi connectivity index (χ1v) is 12.4. The standard InChI is InChI=1S/C28H32BN3O4/c1-17(33)30-14-20(29)15-32-22-7-6-21(11-18(22)12-25(32)27(2,3)4)31-26(34)28(9-10-28)19-5-8-23-24(13-19)36-16-35-23/h5-8,11-13,20H,9-10,14-16H2,1-4H3,(H,30,33)(H,31,34)/t20-/m0/s1. The second kappa shape index (κ2) is 8.91. The molecule has 1 saturated carbocycles. The van der Waals surface area contributed by atoms with Gasteiger partial charge in [-0.3, -0.25) is 9.59 Å². The average Bonchev–Trinajstić information content (AvgIpc) is 3.36. The fourth-order valence-corrected chi connectivity index (χ4v) is 4.96. The first kappa shape index (κ1) is 24.3. The monoisotopic (exact) mass is 485 g/mol. The molecule has 5 rings (SSSR count). The molecule has 1 aliphatic carbocycles. The van der Waals surface area contributed by atoms with E-state index in [4.69, 9.17) is 17.3 Å². The van der Waals surface area contributed by atoms with E-state index in [0.717, 1.165) is 46.4 Å². The minimum atomic E-state index is -0.533. The van der Waals surface area contributed by atoms with E-state index in [-0.39, 0.29) is 29.8 Å². The molecule has 1 fully saturated rings. The van der Waals surface area contributed by atoms with Crippen LogP contribution in [0.1, 0.15) is 51.8 Å². The van der Waals surface area contributed by atoms with Crippen LogP contribution < -0.4 is 20.1 Å². The van der Waals surface area contributed by atoms with Crippen molar-refractivity contribution in [2.24, 2.45) is 0 Å². The number of hydrogen-bond acceptors (Lipinski definition) is 4. The Morgan fingerprint density at radius 1 is 1.08 bits per heavy atom. The number of anilines is 1. The molecule has 7 nitrogen and oxygen atoms in total. The Kier molecular flexibility index (Phi) is 6.01. The molecule has 186 valence electrons. The summed E-state index contributed by atoms with van der Waals surface area (Å²) in [4.78, 5) is 24.7. The van der Waals surface area contributed by atoms with Gasteiger partial charge < -0.3 is 24.7 Å². The maximum absolute atomic E-state index is 13.4. The minimum Gasteiger partial charge on any atom is -0.454 e. The number of carbonyl (C=O) groups is 2. The van der Waals surface area contributed by atoms with Gasteiger partial charge in [0.15, 0.2) is 11.5 Å². The summed E-state index contributed by atoms with van der Waals surface area (Å²) in [6, 6.07) is 13.9. The molecule has 8 heteroatoms. The summed E-state index contributed by atoms with van der Waals surface area (Å²) in [5, 5.41) is 6.99. The van der Waals surface area contributed by atoms with E-state index in [1.807, 2.05) is 36.4 Å². The number of nitrogens with zero attached hydrogens (tertiary/aromatic N) is 1. The number of rotatable bonds is 7. The zero-order valence-corrected chi connectivity index (χ0v) is 21.3. The van der Waals surface area contributed by atoms with Gasteiger partial charge in [0.25, 0.3) is 0 Å². The largest absolute Gasteiger partial charge is 0.454 e. The van der Waals surface area contributed by atoms with Crippen LogP contribution in [0.25, 0.3) is 10.9 Å². The zero-order valence-electron chi connectivity index (χ0n) is 21.3. The first-order valence-electron chi connectivity index (χ1n) is 12.4. The number of ether oxygens (including phenoxy) is 2. The first-order chi connectivity index (χ1) is 17.1. The van der Waals surface area contributed by atoms with Gasteiger partial charge in [-0.1, -0.05) is 26.8 Å². The lowest BCUT2D eigenvalue weighted by atomic mass is 9.86. The van der Waals surface area contributed by atoms with E-state index in [2.05, 4.69) is 42.0 Å². The molecule has 0 unspecified atom stereocenters. The van der Waals surface area contributed by atoms with E-state index in [1.54, 1.807) is 0 Å². The maximum atomic E-state index is 13.4. The van der Waals surface area contributed by atoms with Gasteiger partial charge in [-0.05, 0) is 60.6 Å². The van der Waals surface area contributed by atoms with Crippen molar-refractivity contribution in [2.45, 2.75) is 63.7 Å². The molecule has 2 aromatic carbocycles. The fourth-order valence-electron chi connectivity index (χ4n) is 4.96. The Morgan fingerprint density at radius 2 is 1.83 bits per heavy atom. The van der Waals surface area contributed by atoms with Crippen molar-refractivity contribution < 1.29 is 19.1 Å². The van der Waals surface area contributed by atoms with E-state index in [0.29, 0.717) is 18.8 Å². The highest BCUT2D eigenvalue weighted by Gasteiger charge is 2.51. The Morgan fingerprint density at radius 3 is 2.53 bits per heavy atom. The molecule has 2 heterocycles. The van der Waals surface area contributed by atoms with Crippen LogP contribution in [-0.4, -0.2) is 37.6 Å². The van der Waals surface area contributed by atoms with Gasteiger partial charge in [0.2, 0.25) is 18.6 Å². The quantitative estimate of drug-likeness (QED) is 0.486. The SMILES string of the molecule is [B][C@@H](CNC(C)=O)Cn1c(C(C)(C)C)cc2cc(NC(=O)C3(c4ccc5c(c4)OCO5)CC3)ccc21. The Labute approximate surface area is 212 Å². The van der Waals surface area contributed by atoms with E-state index >= 15 is 0 Å². The lowest BCUT2D eigenvalue weighted by molar-refractivity contribution is -0.119. The average molecular weight is 485 g/mol. The molecule has 2 amide bonds. The lowest BCUT2D eigenvalue weighted by Crippen LogP contribution is -2.28. The molecule has 1 aliphatic heterocycles. The number of aromatic nitrogens is 1. The maximum Gasteiger partial charge on any atom is 0.235 e. The van der Waals surface area contributed by atoms with Crippen LogP contribution in [0.15, 0.2) is 42.5 Å². The van der Waals surface area contributed by atoms with Gasteiger partial charge in [-0.25, -0.2) is 0 Å². The molecule has 1 atom stereocenters. The number of fused-ring (bicyclic) bond motifs is 2. The van der Waals surface area contributed by atoms with E-state index < -0.39 is 5.41 Å². The molecule has 0 spiro atoms. The summed E-state index contributed by atoms with van der Waals surface area (Å²) < 4.78 is 13.2. The predicted molar refractivity (Wildman–Crippen MR) is 141 cm³/mol. The highest BCUT2D eigenvalue weighted by Crippen LogP contribution is 2.51. The molecule has 1 aromatic heterocycles. The smallest absolute Gasteiger partial charge is 0.235 e. The zero-order chi connectivity index (χ0) is 25.7. The summed E-state index contributed by atoms with van der Waals surface area (Å²) >= 11 is 0. The third-order valence-electron chi connectivity index (χ3n) is 7.07. The van der Waals surface area contributed by atoms with Crippen molar-refractivity contribution in [3.05, 3.63) is 53.7 Å². The summed E-state index contributed by atoms with van der Waals surface area (Å²) in [6.45, 7) is 9.20. The Balaban J connectivity index is 1.39. The molecule has 2 N–H and O–H groups in total. The van der Waals surface area contributed by atoms with Gasteiger partial charge in [-0.2, -0.15) is 0 Å². The summed E-state index contributed by atoms with van der Waals surface area (Å²) in [5.74, 6) is 1.10. The van der Waals surface area contributed by atoms with Crippen molar-refractivity contribution in [1.82, 2.24) is 9.88 Å². The lowest BCUT2D eigenvalue weighted by Gasteiger charge is -2.24. The number of carbonyl (C=O) groups excluding carboxylic acids is 2. The molecular weight excluding hydrogens is 453 g/mol.